The number of thiophene rings is 1. The van der Waals surface area contributed by atoms with Gasteiger partial charge in [0.15, 0.2) is 0 Å². The SMILES string of the molecule is CCCN(CC1CC1)C(=O)c1sc2cccnc2c1N. The number of carbonyl (C=O) groups excluding carboxylic acids is 1. The van der Waals surface area contributed by atoms with Crippen LogP contribution >= 0.6 is 11.3 Å². The number of nitrogen functional groups attached to an aromatic ring is 1. The van der Waals surface area contributed by atoms with E-state index in [2.05, 4.69) is 11.9 Å². The van der Waals surface area contributed by atoms with Gasteiger partial charge in [0.2, 0.25) is 0 Å². The molecule has 0 aromatic carbocycles. The van der Waals surface area contributed by atoms with Crippen molar-refractivity contribution in [2.24, 2.45) is 5.92 Å². The molecule has 1 amide bonds. The molecule has 0 radical (unpaired) electrons. The molecule has 2 aromatic heterocycles. The van der Waals surface area contributed by atoms with Crippen LogP contribution in [0.3, 0.4) is 0 Å². The minimum absolute atomic E-state index is 0.0688. The van der Waals surface area contributed by atoms with Crippen LogP contribution in [0.2, 0.25) is 0 Å². The van der Waals surface area contributed by atoms with Gasteiger partial charge in [0, 0.05) is 19.3 Å². The van der Waals surface area contributed by atoms with Crippen molar-refractivity contribution in [3.05, 3.63) is 23.2 Å². The van der Waals surface area contributed by atoms with Crippen molar-refractivity contribution in [1.82, 2.24) is 9.88 Å². The molecule has 1 aliphatic rings. The molecular formula is C15H19N3OS. The molecule has 0 bridgehead atoms. The summed E-state index contributed by atoms with van der Waals surface area (Å²) in [5.74, 6) is 0.762. The van der Waals surface area contributed by atoms with Gasteiger partial charge >= 0.3 is 0 Å². The molecule has 1 aliphatic carbocycles. The number of hydrogen-bond acceptors (Lipinski definition) is 4. The molecule has 5 heteroatoms. The van der Waals surface area contributed by atoms with Gasteiger partial charge in [-0.1, -0.05) is 6.92 Å². The van der Waals surface area contributed by atoms with Crippen LogP contribution in [0.25, 0.3) is 10.2 Å². The van der Waals surface area contributed by atoms with Crippen molar-refractivity contribution in [3.63, 3.8) is 0 Å². The van der Waals surface area contributed by atoms with E-state index in [9.17, 15) is 4.79 Å². The van der Waals surface area contributed by atoms with Gasteiger partial charge < -0.3 is 10.6 Å². The predicted molar refractivity (Wildman–Crippen MR) is 83.0 cm³/mol. The fraction of sp³-hybridized carbons (Fsp3) is 0.467. The number of carbonyl (C=O) groups is 1. The summed E-state index contributed by atoms with van der Waals surface area (Å²) in [5, 5.41) is 0. The van der Waals surface area contributed by atoms with Crippen LogP contribution in [-0.2, 0) is 0 Å². The minimum Gasteiger partial charge on any atom is -0.396 e. The normalized spacial score (nSPS) is 14.7. The number of hydrogen-bond donors (Lipinski definition) is 1. The third kappa shape index (κ3) is 2.50. The second kappa shape index (κ2) is 5.40. The molecule has 3 rings (SSSR count). The van der Waals surface area contributed by atoms with Crippen LogP contribution in [0.1, 0.15) is 35.9 Å². The summed E-state index contributed by atoms with van der Waals surface area (Å²) < 4.78 is 0.983. The topological polar surface area (TPSA) is 59.2 Å². The standard InChI is InChI=1S/C15H19N3OS/c1-2-8-18(9-10-5-6-10)15(19)14-12(16)13-11(20-14)4-3-7-17-13/h3-4,7,10H,2,5-6,8-9,16H2,1H3. The summed E-state index contributed by atoms with van der Waals surface area (Å²) >= 11 is 1.45. The molecule has 106 valence electrons. The number of pyridine rings is 1. The summed E-state index contributed by atoms with van der Waals surface area (Å²) in [4.78, 5) is 19.6. The van der Waals surface area contributed by atoms with E-state index in [0.29, 0.717) is 16.5 Å². The van der Waals surface area contributed by atoms with Crippen LogP contribution in [0.15, 0.2) is 18.3 Å². The molecule has 1 fully saturated rings. The highest BCUT2D eigenvalue weighted by Gasteiger charge is 2.28. The minimum atomic E-state index is 0.0688. The zero-order chi connectivity index (χ0) is 14.1. The van der Waals surface area contributed by atoms with Gasteiger partial charge in [0.05, 0.1) is 10.4 Å². The largest absolute Gasteiger partial charge is 0.396 e. The Morgan fingerprint density at radius 2 is 2.35 bits per heavy atom. The number of aromatic nitrogens is 1. The molecule has 1 saturated carbocycles. The maximum Gasteiger partial charge on any atom is 0.266 e. The quantitative estimate of drug-likeness (QED) is 0.920. The van der Waals surface area contributed by atoms with E-state index >= 15 is 0 Å². The number of nitrogens with two attached hydrogens (primary N) is 1. The average Bonchev–Trinajstić information content (AvgIpc) is 3.21. The zero-order valence-electron chi connectivity index (χ0n) is 11.6. The van der Waals surface area contributed by atoms with Crippen molar-refractivity contribution in [1.29, 1.82) is 0 Å². The first-order chi connectivity index (χ1) is 9.70. The molecule has 0 unspecified atom stereocenters. The molecule has 2 N–H and O–H groups in total. The van der Waals surface area contributed by atoms with Gasteiger partial charge in [-0.05, 0) is 37.3 Å². The van der Waals surface area contributed by atoms with Gasteiger partial charge in [-0.2, -0.15) is 0 Å². The Kier molecular flexibility index (Phi) is 3.61. The Morgan fingerprint density at radius 3 is 3.00 bits per heavy atom. The highest BCUT2D eigenvalue weighted by molar-refractivity contribution is 7.21. The van der Waals surface area contributed by atoms with E-state index in [4.69, 9.17) is 5.73 Å². The number of amides is 1. The molecular weight excluding hydrogens is 270 g/mol. The highest BCUT2D eigenvalue weighted by atomic mass is 32.1. The second-order valence-electron chi connectivity index (χ2n) is 5.39. The van der Waals surface area contributed by atoms with Crippen LogP contribution in [0.4, 0.5) is 5.69 Å². The summed E-state index contributed by atoms with van der Waals surface area (Å²) in [6.45, 7) is 3.77. The summed E-state index contributed by atoms with van der Waals surface area (Å²) in [6, 6.07) is 3.84. The molecule has 20 heavy (non-hydrogen) atoms. The molecule has 0 saturated heterocycles. The van der Waals surface area contributed by atoms with Crippen molar-refractivity contribution >= 4 is 33.1 Å². The summed E-state index contributed by atoms with van der Waals surface area (Å²) in [6.07, 6.45) is 5.18. The highest BCUT2D eigenvalue weighted by Crippen LogP contribution is 2.34. The van der Waals surface area contributed by atoms with Crippen molar-refractivity contribution < 1.29 is 4.79 Å². The van der Waals surface area contributed by atoms with E-state index in [1.165, 1.54) is 24.2 Å². The third-order valence-corrected chi connectivity index (χ3v) is 4.78. The second-order valence-corrected chi connectivity index (χ2v) is 6.44. The Labute approximate surface area is 122 Å². The average molecular weight is 289 g/mol. The monoisotopic (exact) mass is 289 g/mol. The van der Waals surface area contributed by atoms with Crippen molar-refractivity contribution in [2.45, 2.75) is 26.2 Å². The van der Waals surface area contributed by atoms with Crippen molar-refractivity contribution in [3.8, 4) is 0 Å². The van der Waals surface area contributed by atoms with E-state index in [0.717, 1.165) is 29.7 Å². The van der Waals surface area contributed by atoms with Crippen molar-refractivity contribution in [2.75, 3.05) is 18.8 Å². The molecule has 4 nitrogen and oxygen atoms in total. The van der Waals surface area contributed by atoms with Crippen LogP contribution in [0, 0.1) is 5.92 Å². The smallest absolute Gasteiger partial charge is 0.266 e. The lowest BCUT2D eigenvalue weighted by molar-refractivity contribution is 0.0753. The number of anilines is 1. The van der Waals surface area contributed by atoms with Gasteiger partial charge in [0.25, 0.3) is 5.91 Å². The molecule has 2 heterocycles. The number of fused-ring (bicyclic) bond motifs is 1. The van der Waals surface area contributed by atoms with E-state index in [-0.39, 0.29) is 5.91 Å². The maximum absolute atomic E-state index is 12.7. The lowest BCUT2D eigenvalue weighted by Gasteiger charge is -2.21. The Bertz CT molecular complexity index is 633. The number of nitrogens with zero attached hydrogens (tertiary/aromatic N) is 2. The molecule has 0 spiro atoms. The predicted octanol–water partition coefficient (Wildman–Crippen LogP) is 3.14. The Morgan fingerprint density at radius 1 is 1.55 bits per heavy atom. The van der Waals surface area contributed by atoms with Gasteiger partial charge in [-0.15, -0.1) is 11.3 Å². The Hall–Kier alpha value is -1.62. The molecule has 2 aromatic rings. The van der Waals surface area contributed by atoms with Gasteiger partial charge in [0.1, 0.15) is 10.4 Å². The first kappa shape index (κ1) is 13.4. The van der Waals surface area contributed by atoms with Crippen LogP contribution in [0.5, 0.6) is 0 Å². The maximum atomic E-state index is 12.7. The van der Waals surface area contributed by atoms with Crippen LogP contribution < -0.4 is 5.73 Å². The number of rotatable bonds is 5. The fourth-order valence-electron chi connectivity index (χ4n) is 2.41. The molecule has 0 aliphatic heterocycles. The summed E-state index contributed by atoms with van der Waals surface area (Å²) in [7, 11) is 0. The lowest BCUT2D eigenvalue weighted by Crippen LogP contribution is -2.33. The van der Waals surface area contributed by atoms with Crippen LogP contribution in [-0.4, -0.2) is 28.9 Å². The van der Waals surface area contributed by atoms with Gasteiger partial charge in [-0.3, -0.25) is 9.78 Å². The van der Waals surface area contributed by atoms with E-state index in [1.54, 1.807) is 6.20 Å². The third-order valence-electron chi connectivity index (χ3n) is 3.63. The Balaban J connectivity index is 1.91. The fourth-order valence-corrected chi connectivity index (χ4v) is 3.46. The first-order valence-corrected chi connectivity index (χ1v) is 7.94. The molecule has 0 atom stereocenters. The van der Waals surface area contributed by atoms with E-state index in [1.807, 2.05) is 17.0 Å². The van der Waals surface area contributed by atoms with E-state index < -0.39 is 0 Å². The van der Waals surface area contributed by atoms with Gasteiger partial charge in [-0.25, -0.2) is 0 Å². The summed E-state index contributed by atoms with van der Waals surface area (Å²) in [5.41, 5.74) is 7.41. The lowest BCUT2D eigenvalue weighted by atomic mass is 10.2. The zero-order valence-corrected chi connectivity index (χ0v) is 12.4. The first-order valence-electron chi connectivity index (χ1n) is 7.13.